The van der Waals surface area contributed by atoms with E-state index in [1.807, 2.05) is 32.0 Å². The lowest BCUT2D eigenvalue weighted by Crippen LogP contribution is -2.07. The van der Waals surface area contributed by atoms with Gasteiger partial charge in [-0.2, -0.15) is 14.9 Å². The van der Waals surface area contributed by atoms with E-state index in [1.165, 1.54) is 0 Å². The lowest BCUT2D eigenvalue weighted by atomic mass is 10.2. The summed E-state index contributed by atoms with van der Waals surface area (Å²) in [5.74, 6) is 2.23. The molecule has 0 aliphatic rings. The molecule has 24 heavy (non-hydrogen) atoms. The van der Waals surface area contributed by atoms with Gasteiger partial charge in [0.1, 0.15) is 0 Å². The molecule has 0 amide bonds. The van der Waals surface area contributed by atoms with E-state index >= 15 is 0 Å². The Labute approximate surface area is 147 Å². The third-order valence-electron chi connectivity index (χ3n) is 3.34. The van der Waals surface area contributed by atoms with Gasteiger partial charge in [0, 0.05) is 6.42 Å². The number of hydrogen-bond acceptors (Lipinski definition) is 5. The molecule has 0 atom stereocenters. The summed E-state index contributed by atoms with van der Waals surface area (Å²) in [5.41, 5.74) is 0.896. The Bertz CT molecular complexity index is 749. The first kappa shape index (κ1) is 18.2. The highest BCUT2D eigenvalue weighted by atomic mass is 32.1. The van der Waals surface area contributed by atoms with Crippen LogP contribution in [0.3, 0.4) is 0 Å². The molecule has 0 aliphatic carbocycles. The molecule has 0 radical (unpaired) electrons. The van der Waals surface area contributed by atoms with Gasteiger partial charge in [-0.1, -0.05) is 13.3 Å². The molecule has 2 rings (SSSR count). The SMILES string of the molecule is CCCCc1n[nH]c(=S)n1/N=C/c1ccc(OC(C)C)c(OC)c1. The lowest BCUT2D eigenvalue weighted by molar-refractivity contribution is 0.230. The third-order valence-corrected chi connectivity index (χ3v) is 3.61. The minimum atomic E-state index is 0.0869. The predicted molar refractivity (Wildman–Crippen MR) is 97.8 cm³/mol. The number of nitrogens with one attached hydrogen (secondary N) is 1. The summed E-state index contributed by atoms with van der Waals surface area (Å²) in [4.78, 5) is 0. The molecule has 1 N–H and O–H groups in total. The number of aryl methyl sites for hydroxylation is 1. The van der Waals surface area contributed by atoms with E-state index in [0.29, 0.717) is 16.3 Å². The molecule has 0 saturated carbocycles. The summed E-state index contributed by atoms with van der Waals surface area (Å²) in [7, 11) is 1.62. The zero-order chi connectivity index (χ0) is 17.5. The fraction of sp³-hybridized carbons (Fsp3) is 0.471. The highest BCUT2D eigenvalue weighted by molar-refractivity contribution is 7.71. The number of unbranched alkanes of at least 4 members (excludes halogenated alkanes) is 1. The predicted octanol–water partition coefficient (Wildman–Crippen LogP) is 3.96. The zero-order valence-corrected chi connectivity index (χ0v) is 15.4. The average molecular weight is 348 g/mol. The first-order valence-electron chi connectivity index (χ1n) is 8.10. The number of rotatable bonds is 8. The Kier molecular flexibility index (Phi) is 6.54. The van der Waals surface area contributed by atoms with Crippen LogP contribution in [0.15, 0.2) is 23.3 Å². The number of nitrogens with zero attached hydrogens (tertiary/aromatic N) is 3. The van der Waals surface area contributed by atoms with E-state index < -0.39 is 0 Å². The van der Waals surface area contributed by atoms with Crippen LogP contribution in [0.5, 0.6) is 11.5 Å². The number of aromatic nitrogens is 3. The van der Waals surface area contributed by atoms with Gasteiger partial charge in [0.2, 0.25) is 4.77 Å². The van der Waals surface area contributed by atoms with Gasteiger partial charge >= 0.3 is 0 Å². The van der Waals surface area contributed by atoms with Crippen LogP contribution < -0.4 is 9.47 Å². The van der Waals surface area contributed by atoms with Crippen LogP contribution >= 0.6 is 12.2 Å². The van der Waals surface area contributed by atoms with Crippen molar-refractivity contribution in [3.05, 3.63) is 34.4 Å². The minimum absolute atomic E-state index is 0.0869. The summed E-state index contributed by atoms with van der Waals surface area (Å²) in [6, 6.07) is 5.70. The molecule has 7 heteroatoms. The van der Waals surface area contributed by atoms with Gasteiger partial charge in [0.15, 0.2) is 17.3 Å². The number of aromatic amines is 1. The molecule has 0 aliphatic heterocycles. The summed E-state index contributed by atoms with van der Waals surface area (Å²) in [6.45, 7) is 6.10. The fourth-order valence-corrected chi connectivity index (χ4v) is 2.38. The van der Waals surface area contributed by atoms with E-state index in [1.54, 1.807) is 18.0 Å². The minimum Gasteiger partial charge on any atom is -0.493 e. The van der Waals surface area contributed by atoms with Crippen LogP contribution in [-0.2, 0) is 6.42 Å². The van der Waals surface area contributed by atoms with E-state index in [2.05, 4.69) is 22.2 Å². The van der Waals surface area contributed by atoms with Crippen LogP contribution in [-0.4, -0.2) is 34.3 Å². The standard InChI is InChI=1S/C17H24N4O2S/c1-5-6-7-16-19-20-17(24)21(16)18-11-13-8-9-14(23-12(2)3)15(10-13)22-4/h8-12H,5-7H2,1-4H3,(H,20,24)/b18-11+. The molecular weight excluding hydrogens is 324 g/mol. The van der Waals surface area contributed by atoms with Crippen LogP contribution in [0.1, 0.15) is 45.0 Å². The van der Waals surface area contributed by atoms with Crippen molar-refractivity contribution in [2.24, 2.45) is 5.10 Å². The Morgan fingerprint density at radius 1 is 1.38 bits per heavy atom. The van der Waals surface area contributed by atoms with Gasteiger partial charge < -0.3 is 9.47 Å². The second kappa shape index (κ2) is 8.63. The van der Waals surface area contributed by atoms with Gasteiger partial charge in [0.05, 0.1) is 19.4 Å². The molecule has 1 heterocycles. The van der Waals surface area contributed by atoms with Gasteiger partial charge in [-0.05, 0) is 56.2 Å². The molecule has 0 saturated heterocycles. The Balaban J connectivity index is 2.23. The van der Waals surface area contributed by atoms with E-state index in [-0.39, 0.29) is 6.10 Å². The van der Waals surface area contributed by atoms with Crippen LogP contribution in [0.2, 0.25) is 0 Å². The first-order valence-corrected chi connectivity index (χ1v) is 8.51. The van der Waals surface area contributed by atoms with Crippen molar-refractivity contribution in [3.8, 4) is 11.5 Å². The Morgan fingerprint density at radius 2 is 2.17 bits per heavy atom. The molecule has 6 nitrogen and oxygen atoms in total. The molecule has 1 aromatic heterocycles. The maximum absolute atomic E-state index is 5.72. The molecule has 130 valence electrons. The molecule has 0 fully saturated rings. The molecule has 0 unspecified atom stereocenters. The second-order valence-electron chi connectivity index (χ2n) is 5.68. The molecule has 2 aromatic rings. The molecule has 0 spiro atoms. The average Bonchev–Trinajstić information content (AvgIpc) is 2.91. The van der Waals surface area contributed by atoms with Crippen molar-refractivity contribution in [2.45, 2.75) is 46.1 Å². The van der Waals surface area contributed by atoms with E-state index in [9.17, 15) is 0 Å². The Morgan fingerprint density at radius 3 is 2.83 bits per heavy atom. The van der Waals surface area contributed by atoms with Gasteiger partial charge in [-0.15, -0.1) is 0 Å². The van der Waals surface area contributed by atoms with Crippen molar-refractivity contribution in [1.82, 2.24) is 14.9 Å². The van der Waals surface area contributed by atoms with Crippen molar-refractivity contribution in [2.75, 3.05) is 7.11 Å². The largest absolute Gasteiger partial charge is 0.493 e. The van der Waals surface area contributed by atoms with Gasteiger partial charge in [0.25, 0.3) is 0 Å². The second-order valence-corrected chi connectivity index (χ2v) is 6.07. The monoisotopic (exact) mass is 348 g/mol. The number of ether oxygens (including phenoxy) is 2. The Hall–Kier alpha value is -2.15. The van der Waals surface area contributed by atoms with Crippen molar-refractivity contribution in [3.63, 3.8) is 0 Å². The highest BCUT2D eigenvalue weighted by Crippen LogP contribution is 2.28. The maximum Gasteiger partial charge on any atom is 0.216 e. The number of H-pyrrole nitrogens is 1. The van der Waals surface area contributed by atoms with E-state index in [0.717, 1.165) is 30.7 Å². The van der Waals surface area contributed by atoms with Crippen LogP contribution in [0.25, 0.3) is 0 Å². The number of benzene rings is 1. The van der Waals surface area contributed by atoms with Crippen molar-refractivity contribution >= 4 is 18.4 Å². The van der Waals surface area contributed by atoms with Gasteiger partial charge in [-0.3, -0.25) is 5.10 Å². The molecule has 1 aromatic carbocycles. The van der Waals surface area contributed by atoms with Crippen LogP contribution in [0, 0.1) is 4.77 Å². The summed E-state index contributed by atoms with van der Waals surface area (Å²) in [6.07, 6.45) is 4.81. The van der Waals surface area contributed by atoms with Crippen molar-refractivity contribution in [1.29, 1.82) is 0 Å². The molecular formula is C17H24N4O2S. The quantitative estimate of drug-likeness (QED) is 0.579. The zero-order valence-electron chi connectivity index (χ0n) is 14.6. The van der Waals surface area contributed by atoms with Crippen LogP contribution in [0.4, 0.5) is 0 Å². The lowest BCUT2D eigenvalue weighted by Gasteiger charge is -2.13. The highest BCUT2D eigenvalue weighted by Gasteiger charge is 2.07. The topological polar surface area (TPSA) is 64.4 Å². The maximum atomic E-state index is 5.72. The summed E-state index contributed by atoms with van der Waals surface area (Å²) in [5, 5.41) is 11.5. The summed E-state index contributed by atoms with van der Waals surface area (Å²) >= 11 is 5.24. The molecule has 0 bridgehead atoms. The van der Waals surface area contributed by atoms with Gasteiger partial charge in [-0.25, -0.2) is 0 Å². The number of methoxy groups -OCH3 is 1. The smallest absolute Gasteiger partial charge is 0.216 e. The first-order chi connectivity index (χ1) is 11.5. The number of hydrogen-bond donors (Lipinski definition) is 1. The summed E-state index contributed by atoms with van der Waals surface area (Å²) < 4.78 is 13.3. The third kappa shape index (κ3) is 4.67. The normalized spacial score (nSPS) is 11.4. The van der Waals surface area contributed by atoms with Crippen molar-refractivity contribution < 1.29 is 9.47 Å². The fourth-order valence-electron chi connectivity index (χ4n) is 2.18. The van der Waals surface area contributed by atoms with E-state index in [4.69, 9.17) is 21.7 Å².